The number of carbonyl (C=O) groups is 2. The third-order valence-electron chi connectivity index (χ3n) is 5.11. The molecule has 1 fully saturated rings. The highest BCUT2D eigenvalue weighted by Crippen LogP contribution is 2.23. The van der Waals surface area contributed by atoms with E-state index in [0.717, 1.165) is 18.5 Å². The Morgan fingerprint density at radius 1 is 0.963 bits per heavy atom. The van der Waals surface area contributed by atoms with E-state index in [0.29, 0.717) is 11.3 Å². The average molecular weight is 365 g/mol. The van der Waals surface area contributed by atoms with Crippen molar-refractivity contribution in [2.75, 3.05) is 17.2 Å². The summed E-state index contributed by atoms with van der Waals surface area (Å²) in [5.74, 6) is -0.121. The van der Waals surface area contributed by atoms with Crippen LogP contribution >= 0.6 is 0 Å². The van der Waals surface area contributed by atoms with Crippen molar-refractivity contribution >= 4 is 23.2 Å². The Balaban J connectivity index is 1.67. The molecule has 2 atom stereocenters. The Labute approximate surface area is 160 Å². The van der Waals surface area contributed by atoms with Crippen LogP contribution in [0.1, 0.15) is 43.5 Å². The molecule has 2 unspecified atom stereocenters. The van der Waals surface area contributed by atoms with Gasteiger partial charge in [-0.2, -0.15) is 0 Å². The summed E-state index contributed by atoms with van der Waals surface area (Å²) in [6.07, 6.45) is 3.26. The van der Waals surface area contributed by atoms with Crippen molar-refractivity contribution in [1.82, 2.24) is 4.90 Å². The van der Waals surface area contributed by atoms with Crippen molar-refractivity contribution in [1.29, 1.82) is 0 Å². The number of likely N-dealkylation sites (tertiary alicyclic amines) is 1. The molecule has 2 N–H and O–H groups in total. The van der Waals surface area contributed by atoms with Gasteiger partial charge in [0.2, 0.25) is 5.91 Å². The number of nitrogens with one attached hydrogen (secondary N) is 2. The van der Waals surface area contributed by atoms with Gasteiger partial charge in [-0.05, 0) is 57.4 Å². The number of nitrogens with zero attached hydrogens (tertiary/aromatic N) is 1. The summed E-state index contributed by atoms with van der Waals surface area (Å²) in [6, 6.07) is 17.1. The zero-order valence-corrected chi connectivity index (χ0v) is 15.9. The third kappa shape index (κ3) is 4.67. The number of rotatable bonds is 5. The Hall–Kier alpha value is -2.82. The number of amides is 2. The first kappa shape index (κ1) is 19.0. The molecule has 3 rings (SSSR count). The Morgan fingerprint density at radius 2 is 1.59 bits per heavy atom. The topological polar surface area (TPSA) is 61.4 Å². The number of anilines is 2. The fourth-order valence-electron chi connectivity index (χ4n) is 3.73. The maximum absolute atomic E-state index is 12.7. The van der Waals surface area contributed by atoms with Gasteiger partial charge in [-0.15, -0.1) is 0 Å². The van der Waals surface area contributed by atoms with Crippen LogP contribution in [0.5, 0.6) is 0 Å². The second-order valence-corrected chi connectivity index (χ2v) is 7.15. The molecule has 1 saturated heterocycles. The van der Waals surface area contributed by atoms with Crippen LogP contribution < -0.4 is 10.6 Å². The quantitative estimate of drug-likeness (QED) is 0.837. The van der Waals surface area contributed by atoms with Crippen molar-refractivity contribution in [2.24, 2.45) is 0 Å². The molecule has 2 aromatic rings. The number of piperidine rings is 1. The standard InChI is InChI=1S/C22H27N3O2/c1-16-9-8-10-17(2)25(16)21(26)15-23-20-14-7-6-13-19(20)22(27)24-18-11-4-3-5-12-18/h3-7,11-14,16-17,23H,8-10,15H2,1-2H3,(H,24,27). The van der Waals surface area contributed by atoms with E-state index in [2.05, 4.69) is 24.5 Å². The van der Waals surface area contributed by atoms with Gasteiger partial charge in [0, 0.05) is 23.5 Å². The largest absolute Gasteiger partial charge is 0.376 e. The first-order chi connectivity index (χ1) is 13.1. The minimum atomic E-state index is -0.198. The number of hydrogen-bond donors (Lipinski definition) is 2. The molecule has 0 saturated carbocycles. The molecule has 2 aromatic carbocycles. The van der Waals surface area contributed by atoms with Crippen molar-refractivity contribution in [3.05, 3.63) is 60.2 Å². The van der Waals surface area contributed by atoms with Crippen LogP contribution in [-0.2, 0) is 4.79 Å². The lowest BCUT2D eigenvalue weighted by atomic mass is 9.97. The molecule has 0 aromatic heterocycles. The summed E-state index contributed by atoms with van der Waals surface area (Å²) in [6.45, 7) is 4.40. The minimum absolute atomic E-state index is 0.0768. The normalized spacial score (nSPS) is 19.4. The molecule has 0 spiro atoms. The SMILES string of the molecule is CC1CCCC(C)N1C(=O)CNc1ccccc1C(=O)Nc1ccccc1. The van der Waals surface area contributed by atoms with E-state index in [4.69, 9.17) is 0 Å². The number of carbonyl (C=O) groups excluding carboxylic acids is 2. The van der Waals surface area contributed by atoms with Gasteiger partial charge in [-0.3, -0.25) is 9.59 Å². The molecule has 5 nitrogen and oxygen atoms in total. The van der Waals surface area contributed by atoms with E-state index in [-0.39, 0.29) is 30.4 Å². The van der Waals surface area contributed by atoms with Gasteiger partial charge in [0.25, 0.3) is 5.91 Å². The van der Waals surface area contributed by atoms with E-state index >= 15 is 0 Å². The predicted octanol–water partition coefficient (Wildman–Crippen LogP) is 4.14. The molecule has 1 aliphatic heterocycles. The third-order valence-corrected chi connectivity index (χ3v) is 5.11. The van der Waals surface area contributed by atoms with Crippen molar-refractivity contribution in [2.45, 2.75) is 45.2 Å². The van der Waals surface area contributed by atoms with E-state index < -0.39 is 0 Å². The molecule has 0 radical (unpaired) electrons. The molecule has 1 heterocycles. The van der Waals surface area contributed by atoms with Crippen LogP contribution in [0.15, 0.2) is 54.6 Å². The number of para-hydroxylation sites is 2. The molecular weight excluding hydrogens is 338 g/mol. The summed E-state index contributed by atoms with van der Waals surface area (Å²) in [7, 11) is 0. The fourth-order valence-corrected chi connectivity index (χ4v) is 3.73. The van der Waals surface area contributed by atoms with Gasteiger partial charge in [-0.1, -0.05) is 30.3 Å². The number of hydrogen-bond acceptors (Lipinski definition) is 3. The highest BCUT2D eigenvalue weighted by Gasteiger charge is 2.28. The van der Waals surface area contributed by atoms with Gasteiger partial charge in [0.1, 0.15) is 0 Å². The second kappa shape index (κ2) is 8.71. The molecule has 0 aliphatic carbocycles. The Kier molecular flexibility index (Phi) is 6.12. The Bertz CT molecular complexity index is 781. The lowest BCUT2D eigenvalue weighted by Gasteiger charge is -2.39. The molecule has 5 heteroatoms. The van der Waals surface area contributed by atoms with Crippen LogP contribution in [0.4, 0.5) is 11.4 Å². The zero-order chi connectivity index (χ0) is 19.2. The van der Waals surface area contributed by atoms with Crippen molar-refractivity contribution < 1.29 is 9.59 Å². The van der Waals surface area contributed by atoms with Gasteiger partial charge in [0.05, 0.1) is 12.1 Å². The summed E-state index contributed by atoms with van der Waals surface area (Å²) >= 11 is 0. The average Bonchev–Trinajstić information content (AvgIpc) is 2.67. The molecular formula is C22H27N3O2. The Morgan fingerprint density at radius 3 is 2.30 bits per heavy atom. The molecule has 2 amide bonds. The van der Waals surface area contributed by atoms with E-state index in [1.54, 1.807) is 6.07 Å². The summed E-state index contributed by atoms with van der Waals surface area (Å²) in [4.78, 5) is 27.3. The maximum atomic E-state index is 12.7. The van der Waals surface area contributed by atoms with Crippen LogP contribution in [0.3, 0.4) is 0 Å². The highest BCUT2D eigenvalue weighted by molar-refractivity contribution is 6.08. The van der Waals surface area contributed by atoms with Gasteiger partial charge in [-0.25, -0.2) is 0 Å². The van der Waals surface area contributed by atoms with Gasteiger partial charge < -0.3 is 15.5 Å². The van der Waals surface area contributed by atoms with E-state index in [9.17, 15) is 9.59 Å². The van der Waals surface area contributed by atoms with Gasteiger partial charge >= 0.3 is 0 Å². The molecule has 27 heavy (non-hydrogen) atoms. The lowest BCUT2D eigenvalue weighted by molar-refractivity contribution is -0.135. The first-order valence-corrected chi connectivity index (χ1v) is 9.56. The monoisotopic (exact) mass is 365 g/mol. The second-order valence-electron chi connectivity index (χ2n) is 7.15. The molecule has 0 bridgehead atoms. The van der Waals surface area contributed by atoms with Crippen molar-refractivity contribution in [3.8, 4) is 0 Å². The zero-order valence-electron chi connectivity index (χ0n) is 15.9. The number of benzene rings is 2. The predicted molar refractivity (Wildman–Crippen MR) is 109 cm³/mol. The first-order valence-electron chi connectivity index (χ1n) is 9.56. The summed E-state index contributed by atoms with van der Waals surface area (Å²) in [5.41, 5.74) is 1.93. The van der Waals surface area contributed by atoms with E-state index in [1.165, 1.54) is 6.42 Å². The van der Waals surface area contributed by atoms with Crippen LogP contribution in [0, 0.1) is 0 Å². The minimum Gasteiger partial charge on any atom is -0.376 e. The van der Waals surface area contributed by atoms with Crippen LogP contribution in [0.25, 0.3) is 0 Å². The smallest absolute Gasteiger partial charge is 0.257 e. The lowest BCUT2D eigenvalue weighted by Crippen LogP contribution is -2.49. The van der Waals surface area contributed by atoms with Gasteiger partial charge in [0.15, 0.2) is 0 Å². The molecule has 1 aliphatic rings. The van der Waals surface area contributed by atoms with Crippen LogP contribution in [0.2, 0.25) is 0 Å². The van der Waals surface area contributed by atoms with E-state index in [1.807, 2.05) is 53.4 Å². The highest BCUT2D eigenvalue weighted by atomic mass is 16.2. The van der Waals surface area contributed by atoms with Crippen molar-refractivity contribution in [3.63, 3.8) is 0 Å². The molecule has 142 valence electrons. The summed E-state index contributed by atoms with van der Waals surface area (Å²) < 4.78 is 0. The fraction of sp³-hybridized carbons (Fsp3) is 0.364. The maximum Gasteiger partial charge on any atom is 0.257 e. The van der Waals surface area contributed by atoms with Crippen LogP contribution in [-0.4, -0.2) is 35.3 Å². The summed E-state index contributed by atoms with van der Waals surface area (Å²) in [5, 5.41) is 6.06.